The lowest BCUT2D eigenvalue weighted by Gasteiger charge is -2.21. The highest BCUT2D eigenvalue weighted by Gasteiger charge is 2.26. The zero-order chi connectivity index (χ0) is 13.4. The van der Waals surface area contributed by atoms with E-state index in [1.807, 2.05) is 13.0 Å². The van der Waals surface area contributed by atoms with Crippen LogP contribution in [0.5, 0.6) is 0 Å². The van der Waals surface area contributed by atoms with Crippen LogP contribution in [-0.2, 0) is 11.3 Å². The summed E-state index contributed by atoms with van der Waals surface area (Å²) in [5.74, 6) is -0.251. The minimum atomic E-state index is -0.487. The minimum absolute atomic E-state index is 0.251. The van der Waals surface area contributed by atoms with E-state index in [1.54, 1.807) is 6.07 Å². The van der Waals surface area contributed by atoms with Crippen LogP contribution in [0.4, 0.5) is 0 Å². The Labute approximate surface area is 113 Å². The predicted octanol–water partition coefficient (Wildman–Crippen LogP) is 1.79. The summed E-state index contributed by atoms with van der Waals surface area (Å²) in [6.45, 7) is 5.12. The molecular weight excluding hydrogens is 242 g/mol. The number of hydrogen-bond acceptors (Lipinski definition) is 4. The number of carbonyl (C=O) groups is 1. The third kappa shape index (κ3) is 2.26. The second-order valence-electron chi connectivity index (χ2n) is 5.41. The van der Waals surface area contributed by atoms with E-state index < -0.39 is 6.10 Å². The first-order valence-electron chi connectivity index (χ1n) is 6.86. The molecule has 0 aromatic heterocycles. The molecule has 0 aliphatic carbocycles. The van der Waals surface area contributed by atoms with Crippen molar-refractivity contribution in [2.75, 3.05) is 19.6 Å². The molecule has 1 saturated heterocycles. The van der Waals surface area contributed by atoms with Crippen molar-refractivity contribution in [2.45, 2.75) is 32.5 Å². The van der Waals surface area contributed by atoms with E-state index in [4.69, 9.17) is 4.74 Å². The first kappa shape index (κ1) is 12.6. The topological polar surface area (TPSA) is 49.8 Å². The van der Waals surface area contributed by atoms with Gasteiger partial charge in [-0.2, -0.15) is 0 Å². The van der Waals surface area contributed by atoms with Gasteiger partial charge in [-0.15, -0.1) is 0 Å². The lowest BCUT2D eigenvalue weighted by molar-refractivity contribution is 0.0535. The number of carbonyl (C=O) groups excluding carboxylic acids is 1. The van der Waals surface area contributed by atoms with Gasteiger partial charge in [-0.3, -0.25) is 0 Å². The average molecular weight is 261 g/mol. The molecule has 4 nitrogen and oxygen atoms in total. The summed E-state index contributed by atoms with van der Waals surface area (Å²) in [4.78, 5) is 13.8. The van der Waals surface area contributed by atoms with Crippen LogP contribution >= 0.6 is 0 Å². The highest BCUT2D eigenvalue weighted by molar-refractivity contribution is 5.93. The fourth-order valence-electron chi connectivity index (χ4n) is 3.04. The van der Waals surface area contributed by atoms with Gasteiger partial charge in [0.2, 0.25) is 0 Å². The van der Waals surface area contributed by atoms with Gasteiger partial charge in [-0.1, -0.05) is 6.07 Å². The Balaban J connectivity index is 1.82. The Morgan fingerprint density at radius 1 is 1.37 bits per heavy atom. The minimum Gasteiger partial charge on any atom is -0.457 e. The fourth-order valence-corrected chi connectivity index (χ4v) is 3.04. The fraction of sp³-hybridized carbons (Fsp3) is 0.533. The first-order chi connectivity index (χ1) is 9.16. The lowest BCUT2D eigenvalue weighted by Crippen LogP contribution is -2.26. The SMILES string of the molecule is Cc1c([C@@H](O)CN2CCCC2)ccc2c1COC2=O. The van der Waals surface area contributed by atoms with Gasteiger partial charge in [-0.25, -0.2) is 4.79 Å². The number of β-amino-alcohol motifs (C(OH)–C–C–N with tert-alkyl or cyclic N) is 1. The average Bonchev–Trinajstić information content (AvgIpc) is 3.01. The molecule has 0 bridgehead atoms. The van der Waals surface area contributed by atoms with Crippen LogP contribution in [-0.4, -0.2) is 35.6 Å². The van der Waals surface area contributed by atoms with Gasteiger partial charge in [0, 0.05) is 12.1 Å². The van der Waals surface area contributed by atoms with Crippen molar-refractivity contribution >= 4 is 5.97 Å². The van der Waals surface area contributed by atoms with Crippen molar-refractivity contribution in [2.24, 2.45) is 0 Å². The number of cyclic esters (lactones) is 1. The highest BCUT2D eigenvalue weighted by atomic mass is 16.5. The Bertz CT molecular complexity index is 506. The number of ether oxygens (including phenoxy) is 1. The molecule has 19 heavy (non-hydrogen) atoms. The number of nitrogens with zero attached hydrogens (tertiary/aromatic N) is 1. The van der Waals surface area contributed by atoms with Gasteiger partial charge < -0.3 is 14.7 Å². The van der Waals surface area contributed by atoms with Crippen LogP contribution < -0.4 is 0 Å². The quantitative estimate of drug-likeness (QED) is 0.843. The van der Waals surface area contributed by atoms with E-state index in [0.717, 1.165) is 29.8 Å². The number of likely N-dealkylation sites (tertiary alicyclic amines) is 1. The van der Waals surface area contributed by atoms with Crippen LogP contribution in [0, 0.1) is 6.92 Å². The van der Waals surface area contributed by atoms with Crippen LogP contribution in [0.2, 0.25) is 0 Å². The zero-order valence-electron chi connectivity index (χ0n) is 11.2. The van der Waals surface area contributed by atoms with E-state index in [9.17, 15) is 9.90 Å². The van der Waals surface area contributed by atoms with Crippen molar-refractivity contribution in [3.8, 4) is 0 Å². The molecule has 4 heteroatoms. The van der Waals surface area contributed by atoms with Gasteiger partial charge >= 0.3 is 5.97 Å². The zero-order valence-corrected chi connectivity index (χ0v) is 11.2. The van der Waals surface area contributed by atoms with Crippen LogP contribution in [0.15, 0.2) is 12.1 Å². The Morgan fingerprint density at radius 3 is 2.84 bits per heavy atom. The molecule has 0 amide bonds. The number of fused-ring (bicyclic) bond motifs is 1. The number of hydrogen-bond donors (Lipinski definition) is 1. The van der Waals surface area contributed by atoms with E-state index >= 15 is 0 Å². The summed E-state index contributed by atoms with van der Waals surface area (Å²) in [7, 11) is 0. The van der Waals surface area contributed by atoms with Crippen molar-refractivity contribution < 1.29 is 14.6 Å². The number of esters is 1. The summed E-state index contributed by atoms with van der Waals surface area (Å²) in [6, 6.07) is 3.64. The smallest absolute Gasteiger partial charge is 0.338 e. The number of rotatable bonds is 3. The van der Waals surface area contributed by atoms with E-state index in [1.165, 1.54) is 12.8 Å². The van der Waals surface area contributed by atoms with Gasteiger partial charge in [0.25, 0.3) is 0 Å². The molecule has 1 atom stereocenters. The van der Waals surface area contributed by atoms with E-state index in [-0.39, 0.29) is 5.97 Å². The molecule has 2 aliphatic heterocycles. The summed E-state index contributed by atoms with van der Waals surface area (Å²) in [5.41, 5.74) is 3.50. The number of aliphatic hydroxyl groups is 1. The van der Waals surface area contributed by atoms with Crippen molar-refractivity contribution in [1.82, 2.24) is 4.90 Å². The number of benzene rings is 1. The third-order valence-corrected chi connectivity index (χ3v) is 4.20. The maximum absolute atomic E-state index is 11.5. The Hall–Kier alpha value is -1.39. The molecular formula is C15H19NO3. The molecule has 1 aromatic rings. The molecule has 0 spiro atoms. The summed E-state index contributed by atoms with van der Waals surface area (Å²) >= 11 is 0. The first-order valence-corrected chi connectivity index (χ1v) is 6.86. The summed E-state index contributed by atoms with van der Waals surface area (Å²) in [6.07, 6.45) is 1.95. The van der Waals surface area contributed by atoms with Crippen molar-refractivity contribution in [1.29, 1.82) is 0 Å². The molecule has 0 unspecified atom stereocenters. The normalized spacial score (nSPS) is 20.4. The Kier molecular flexibility index (Phi) is 3.29. The summed E-state index contributed by atoms with van der Waals surface area (Å²) in [5, 5.41) is 10.4. The third-order valence-electron chi connectivity index (χ3n) is 4.20. The van der Waals surface area contributed by atoms with Crippen LogP contribution in [0.3, 0.4) is 0 Å². The predicted molar refractivity (Wildman–Crippen MR) is 70.9 cm³/mol. The van der Waals surface area contributed by atoms with Gasteiger partial charge in [0.05, 0.1) is 11.7 Å². The second-order valence-corrected chi connectivity index (χ2v) is 5.41. The van der Waals surface area contributed by atoms with Crippen molar-refractivity contribution in [3.05, 3.63) is 34.4 Å². The maximum Gasteiger partial charge on any atom is 0.338 e. The van der Waals surface area contributed by atoms with Gasteiger partial charge in [0.1, 0.15) is 6.61 Å². The molecule has 1 aromatic carbocycles. The molecule has 1 fully saturated rings. The van der Waals surface area contributed by atoms with E-state index in [0.29, 0.717) is 18.7 Å². The molecule has 102 valence electrons. The van der Waals surface area contributed by atoms with Crippen molar-refractivity contribution in [3.63, 3.8) is 0 Å². The van der Waals surface area contributed by atoms with E-state index in [2.05, 4.69) is 4.90 Å². The highest BCUT2D eigenvalue weighted by Crippen LogP contribution is 2.29. The molecule has 0 saturated carbocycles. The molecule has 0 radical (unpaired) electrons. The Morgan fingerprint density at radius 2 is 2.11 bits per heavy atom. The van der Waals surface area contributed by atoms with Crippen LogP contribution in [0.1, 0.15) is 46.0 Å². The molecule has 2 heterocycles. The van der Waals surface area contributed by atoms with Gasteiger partial charge in [0.15, 0.2) is 0 Å². The summed E-state index contributed by atoms with van der Waals surface area (Å²) < 4.78 is 5.04. The van der Waals surface area contributed by atoms with Crippen LogP contribution in [0.25, 0.3) is 0 Å². The standard InChI is InChI=1S/C15H19NO3/c1-10-11(14(17)8-16-6-2-3-7-16)4-5-12-13(10)9-19-15(12)18/h4-5,14,17H,2-3,6-9H2,1H3/t14-/m0/s1. The largest absolute Gasteiger partial charge is 0.457 e. The molecule has 1 N–H and O–H groups in total. The monoisotopic (exact) mass is 261 g/mol. The molecule has 3 rings (SSSR count). The molecule has 2 aliphatic rings. The second kappa shape index (κ2) is 4.94. The lowest BCUT2D eigenvalue weighted by atomic mass is 9.95. The maximum atomic E-state index is 11.5. The van der Waals surface area contributed by atoms with Gasteiger partial charge in [-0.05, 0) is 50.0 Å². The number of aliphatic hydroxyl groups excluding tert-OH is 1.